The number of nitrogens with two attached hydrogens (primary N) is 1. The van der Waals surface area contributed by atoms with Gasteiger partial charge in [0.05, 0.1) is 28.9 Å². The molecule has 0 spiro atoms. The highest BCUT2D eigenvalue weighted by Crippen LogP contribution is 2.41. The smallest absolute Gasteiger partial charge is 0.261 e. The van der Waals surface area contributed by atoms with Crippen LogP contribution in [-0.2, 0) is 13.0 Å². The molecule has 1 atom stereocenters. The number of ether oxygens (including phenoxy) is 1. The second-order valence-corrected chi connectivity index (χ2v) is 8.30. The molecule has 6 nitrogen and oxygen atoms in total. The van der Waals surface area contributed by atoms with Gasteiger partial charge in [0.25, 0.3) is 5.91 Å². The normalized spacial score (nSPS) is 13.7. The summed E-state index contributed by atoms with van der Waals surface area (Å²) < 4.78 is 34.7. The topological polar surface area (TPSA) is 82.2 Å². The van der Waals surface area contributed by atoms with Gasteiger partial charge in [0.2, 0.25) is 0 Å². The fraction of sp³-hybridized carbons (Fsp3) is 0.333. The van der Waals surface area contributed by atoms with E-state index >= 15 is 0 Å². The number of aryl methyl sites for hydroxylation is 1. The number of nitrogens with zero attached hydrogens (tertiary/aromatic N) is 2. The first kappa shape index (κ1) is 20.5. The Morgan fingerprint density at radius 3 is 2.83 bits per heavy atom. The molecule has 158 valence electrons. The molecule has 0 bridgehead atoms. The Hall–Kier alpha value is -2.78. The molecule has 3 aromatic rings. The highest BCUT2D eigenvalue weighted by Gasteiger charge is 2.25. The summed E-state index contributed by atoms with van der Waals surface area (Å²) in [6.07, 6.45) is 2.57. The number of aromatic nitrogens is 2. The predicted octanol–water partition coefficient (Wildman–Crippen LogP) is 3.28. The lowest BCUT2D eigenvalue weighted by molar-refractivity contribution is 0.0939. The van der Waals surface area contributed by atoms with Crippen molar-refractivity contribution in [3.8, 4) is 16.3 Å². The zero-order valence-corrected chi connectivity index (χ0v) is 17.3. The number of amides is 1. The van der Waals surface area contributed by atoms with Crippen LogP contribution in [-0.4, -0.2) is 34.9 Å². The van der Waals surface area contributed by atoms with Crippen molar-refractivity contribution < 1.29 is 18.3 Å². The molecule has 0 fully saturated rings. The van der Waals surface area contributed by atoms with Crippen molar-refractivity contribution >= 4 is 17.2 Å². The standard InChI is InChI=1S/C21H22F2N4O2S/c1-12-11-25-27-4-5-29-21-17(19(12)27)10-18(30-21)20(28)26-16(2-3-24)8-13-6-14(22)9-15(23)7-13/h6-7,9-11,16H,2-5,8,24H2,1H3,(H,26,28)/t16-/m1/s1. The number of carbonyl (C=O) groups is 1. The van der Waals surface area contributed by atoms with Crippen LogP contribution in [0.3, 0.4) is 0 Å². The molecule has 1 aromatic carbocycles. The first-order valence-corrected chi connectivity index (χ1v) is 10.5. The molecule has 0 saturated heterocycles. The average molecular weight is 432 g/mol. The third-order valence-electron chi connectivity index (χ3n) is 4.99. The van der Waals surface area contributed by atoms with Crippen LogP contribution >= 0.6 is 11.3 Å². The molecule has 30 heavy (non-hydrogen) atoms. The van der Waals surface area contributed by atoms with E-state index in [1.165, 1.54) is 23.5 Å². The van der Waals surface area contributed by atoms with E-state index in [1.54, 1.807) is 6.20 Å². The Morgan fingerprint density at radius 1 is 1.33 bits per heavy atom. The number of halogens is 2. The van der Waals surface area contributed by atoms with Gasteiger partial charge in [0.1, 0.15) is 18.2 Å². The van der Waals surface area contributed by atoms with Gasteiger partial charge in [-0.05, 0) is 55.6 Å². The number of hydrogen-bond donors (Lipinski definition) is 2. The first-order valence-electron chi connectivity index (χ1n) is 9.70. The third-order valence-corrected chi connectivity index (χ3v) is 6.04. The molecule has 3 N–H and O–H groups in total. The molecule has 0 aliphatic carbocycles. The fourth-order valence-corrected chi connectivity index (χ4v) is 4.62. The first-order chi connectivity index (χ1) is 14.4. The van der Waals surface area contributed by atoms with Crippen molar-refractivity contribution in [2.75, 3.05) is 13.2 Å². The van der Waals surface area contributed by atoms with Crippen LogP contribution < -0.4 is 15.8 Å². The van der Waals surface area contributed by atoms with Crippen molar-refractivity contribution in [1.82, 2.24) is 15.1 Å². The maximum absolute atomic E-state index is 13.5. The van der Waals surface area contributed by atoms with E-state index in [1.807, 2.05) is 17.7 Å². The number of thiophene rings is 1. The molecule has 1 amide bonds. The van der Waals surface area contributed by atoms with Crippen LogP contribution in [0.2, 0.25) is 0 Å². The van der Waals surface area contributed by atoms with Gasteiger partial charge in [-0.1, -0.05) is 11.3 Å². The minimum Gasteiger partial charge on any atom is -0.481 e. The Labute approximate surface area is 176 Å². The number of fused-ring (bicyclic) bond motifs is 3. The predicted molar refractivity (Wildman–Crippen MR) is 111 cm³/mol. The van der Waals surface area contributed by atoms with E-state index in [0.29, 0.717) is 41.6 Å². The molecule has 9 heteroatoms. The fourth-order valence-electron chi connectivity index (χ4n) is 3.68. The van der Waals surface area contributed by atoms with E-state index in [-0.39, 0.29) is 18.4 Å². The van der Waals surface area contributed by atoms with E-state index < -0.39 is 11.6 Å². The molecule has 0 radical (unpaired) electrons. The van der Waals surface area contributed by atoms with Crippen molar-refractivity contribution in [2.24, 2.45) is 5.73 Å². The second kappa shape index (κ2) is 8.53. The van der Waals surface area contributed by atoms with Crippen molar-refractivity contribution in [2.45, 2.75) is 32.4 Å². The van der Waals surface area contributed by atoms with Gasteiger partial charge in [-0.15, -0.1) is 0 Å². The summed E-state index contributed by atoms with van der Waals surface area (Å²) in [7, 11) is 0. The van der Waals surface area contributed by atoms with Gasteiger partial charge in [0, 0.05) is 12.1 Å². The lowest BCUT2D eigenvalue weighted by atomic mass is 10.0. The maximum Gasteiger partial charge on any atom is 0.261 e. The van der Waals surface area contributed by atoms with Gasteiger partial charge >= 0.3 is 0 Å². The Kier molecular flexibility index (Phi) is 5.83. The van der Waals surface area contributed by atoms with Crippen LogP contribution in [0.25, 0.3) is 11.3 Å². The number of nitrogens with one attached hydrogen (secondary N) is 1. The van der Waals surface area contributed by atoms with Crippen molar-refractivity contribution in [3.05, 3.63) is 58.1 Å². The lowest BCUT2D eigenvalue weighted by Gasteiger charge is -2.18. The molecule has 0 unspecified atom stereocenters. The van der Waals surface area contributed by atoms with E-state index in [4.69, 9.17) is 10.5 Å². The summed E-state index contributed by atoms with van der Waals surface area (Å²) in [4.78, 5) is 13.4. The minimum absolute atomic E-state index is 0.268. The number of hydrogen-bond acceptors (Lipinski definition) is 5. The summed E-state index contributed by atoms with van der Waals surface area (Å²) in [6.45, 7) is 3.43. The Morgan fingerprint density at radius 2 is 2.10 bits per heavy atom. The van der Waals surface area contributed by atoms with Gasteiger partial charge in [0.15, 0.2) is 5.06 Å². The van der Waals surface area contributed by atoms with E-state index in [0.717, 1.165) is 22.9 Å². The largest absolute Gasteiger partial charge is 0.481 e. The van der Waals surface area contributed by atoms with Crippen LogP contribution in [0, 0.1) is 18.6 Å². The summed E-state index contributed by atoms with van der Waals surface area (Å²) >= 11 is 1.28. The zero-order chi connectivity index (χ0) is 21.3. The van der Waals surface area contributed by atoms with Gasteiger partial charge in [-0.3, -0.25) is 9.48 Å². The van der Waals surface area contributed by atoms with Crippen LogP contribution in [0.15, 0.2) is 30.5 Å². The molecule has 0 saturated carbocycles. The number of benzene rings is 1. The van der Waals surface area contributed by atoms with Crippen LogP contribution in [0.4, 0.5) is 8.78 Å². The summed E-state index contributed by atoms with van der Waals surface area (Å²) in [5.41, 5.74) is 8.97. The lowest BCUT2D eigenvalue weighted by Crippen LogP contribution is -2.37. The molecule has 4 rings (SSSR count). The van der Waals surface area contributed by atoms with Crippen molar-refractivity contribution in [3.63, 3.8) is 0 Å². The van der Waals surface area contributed by atoms with Gasteiger partial charge < -0.3 is 15.8 Å². The van der Waals surface area contributed by atoms with E-state index in [9.17, 15) is 13.6 Å². The maximum atomic E-state index is 13.5. The number of rotatable bonds is 6. The number of carbonyl (C=O) groups excluding carboxylic acids is 1. The molecular weight excluding hydrogens is 410 g/mol. The van der Waals surface area contributed by atoms with Crippen LogP contribution in [0.1, 0.15) is 27.2 Å². The quantitative estimate of drug-likeness (QED) is 0.626. The highest BCUT2D eigenvalue weighted by atomic mass is 32.1. The molecule has 1 aliphatic heterocycles. The Bertz CT molecular complexity index is 1060. The average Bonchev–Trinajstić information content (AvgIpc) is 3.20. The molecule has 3 heterocycles. The summed E-state index contributed by atoms with van der Waals surface area (Å²) in [5.74, 6) is -1.56. The molecule has 2 aromatic heterocycles. The second-order valence-electron chi connectivity index (χ2n) is 7.29. The molecule has 1 aliphatic rings. The highest BCUT2D eigenvalue weighted by molar-refractivity contribution is 7.16. The third kappa shape index (κ3) is 4.22. The minimum atomic E-state index is -0.644. The van der Waals surface area contributed by atoms with Crippen molar-refractivity contribution in [1.29, 1.82) is 0 Å². The summed E-state index contributed by atoms with van der Waals surface area (Å²) in [6, 6.07) is 4.82. The SMILES string of the molecule is Cc1cnn2c1-c1cc(C(=O)N[C@H](CCN)Cc3cc(F)cc(F)c3)sc1OCC2. The Balaban J connectivity index is 1.55. The zero-order valence-electron chi connectivity index (χ0n) is 16.5. The summed E-state index contributed by atoms with van der Waals surface area (Å²) in [5, 5.41) is 8.00. The van der Waals surface area contributed by atoms with Gasteiger partial charge in [-0.25, -0.2) is 8.78 Å². The van der Waals surface area contributed by atoms with E-state index in [2.05, 4.69) is 10.4 Å². The van der Waals surface area contributed by atoms with Crippen LogP contribution in [0.5, 0.6) is 5.06 Å². The monoisotopic (exact) mass is 432 g/mol. The van der Waals surface area contributed by atoms with Gasteiger partial charge in [-0.2, -0.15) is 5.10 Å². The molecular formula is C21H22F2N4O2S.